The average molecular weight is 171 g/mol. The van der Waals surface area contributed by atoms with Crippen LogP contribution in [0.3, 0.4) is 0 Å². The van der Waals surface area contributed by atoms with Gasteiger partial charge in [0.2, 0.25) is 0 Å². The van der Waals surface area contributed by atoms with Crippen molar-refractivity contribution in [1.29, 1.82) is 0 Å². The highest BCUT2D eigenvalue weighted by atomic mass is 15.2. The first-order valence-corrected chi connectivity index (χ1v) is 4.72. The molecular weight excluding hydrogens is 150 g/mol. The first kappa shape index (κ1) is 9.96. The zero-order chi connectivity index (χ0) is 9.19. The van der Waals surface area contributed by atoms with E-state index in [-0.39, 0.29) is 5.54 Å². The van der Waals surface area contributed by atoms with E-state index in [0.717, 1.165) is 26.2 Å². The van der Waals surface area contributed by atoms with Gasteiger partial charge >= 0.3 is 0 Å². The van der Waals surface area contributed by atoms with Crippen LogP contribution in [0.2, 0.25) is 0 Å². The highest BCUT2D eigenvalue weighted by molar-refractivity contribution is 4.82. The fourth-order valence-electron chi connectivity index (χ4n) is 1.73. The fourth-order valence-corrected chi connectivity index (χ4v) is 1.73. The normalized spacial score (nSPS) is 27.5. The van der Waals surface area contributed by atoms with Crippen LogP contribution in [0, 0.1) is 0 Å². The molecule has 72 valence electrons. The summed E-state index contributed by atoms with van der Waals surface area (Å²) in [4.78, 5) is 2.43. The third kappa shape index (κ3) is 3.52. The van der Waals surface area contributed by atoms with Gasteiger partial charge in [-0.3, -0.25) is 4.90 Å². The molecule has 1 aliphatic rings. The molecule has 0 saturated carbocycles. The predicted molar refractivity (Wildman–Crippen MR) is 52.2 cm³/mol. The Labute approximate surface area is 75.3 Å². The number of rotatable bonds is 2. The van der Waals surface area contributed by atoms with E-state index in [2.05, 4.69) is 31.0 Å². The monoisotopic (exact) mass is 171 g/mol. The summed E-state index contributed by atoms with van der Waals surface area (Å²) in [5, 5.41) is 3.42. The van der Waals surface area contributed by atoms with E-state index in [1.165, 1.54) is 0 Å². The van der Waals surface area contributed by atoms with Crippen LogP contribution in [-0.4, -0.2) is 42.7 Å². The third-order valence-corrected chi connectivity index (χ3v) is 2.08. The van der Waals surface area contributed by atoms with Gasteiger partial charge in [-0.05, 0) is 20.8 Å². The van der Waals surface area contributed by atoms with Gasteiger partial charge in [-0.25, -0.2) is 0 Å². The van der Waals surface area contributed by atoms with Crippen molar-refractivity contribution in [3.63, 3.8) is 0 Å². The molecule has 0 aromatic carbocycles. The van der Waals surface area contributed by atoms with Crippen LogP contribution in [0.15, 0.2) is 0 Å². The molecule has 0 aromatic rings. The molecule has 0 amide bonds. The van der Waals surface area contributed by atoms with Gasteiger partial charge in [0, 0.05) is 37.8 Å². The van der Waals surface area contributed by atoms with Crippen LogP contribution >= 0.6 is 0 Å². The van der Waals surface area contributed by atoms with Crippen molar-refractivity contribution in [2.45, 2.75) is 32.4 Å². The second-order valence-electron chi connectivity index (χ2n) is 4.58. The Morgan fingerprint density at radius 1 is 1.58 bits per heavy atom. The van der Waals surface area contributed by atoms with Crippen molar-refractivity contribution in [3.05, 3.63) is 0 Å². The summed E-state index contributed by atoms with van der Waals surface area (Å²) in [5.41, 5.74) is 5.89. The number of nitrogens with zero attached hydrogens (tertiary/aromatic N) is 1. The van der Waals surface area contributed by atoms with Gasteiger partial charge < -0.3 is 11.1 Å². The first-order valence-electron chi connectivity index (χ1n) is 4.72. The quantitative estimate of drug-likeness (QED) is 0.615. The molecule has 12 heavy (non-hydrogen) atoms. The summed E-state index contributed by atoms with van der Waals surface area (Å²) < 4.78 is 0. The van der Waals surface area contributed by atoms with Crippen LogP contribution in [0.25, 0.3) is 0 Å². The van der Waals surface area contributed by atoms with Crippen LogP contribution in [-0.2, 0) is 0 Å². The first-order chi connectivity index (χ1) is 5.47. The SMILES string of the molecule is C[C@@H]1CN(CC(C)(C)N)CCN1. The number of nitrogens with one attached hydrogen (secondary N) is 1. The number of hydrogen-bond donors (Lipinski definition) is 2. The maximum absolute atomic E-state index is 5.95. The zero-order valence-corrected chi connectivity index (χ0v) is 8.43. The Morgan fingerprint density at radius 3 is 2.75 bits per heavy atom. The lowest BCUT2D eigenvalue weighted by molar-refractivity contribution is 0.176. The minimum absolute atomic E-state index is 0.0585. The summed E-state index contributed by atoms with van der Waals surface area (Å²) in [5.74, 6) is 0. The minimum Gasteiger partial charge on any atom is -0.324 e. The second-order valence-corrected chi connectivity index (χ2v) is 4.58. The van der Waals surface area contributed by atoms with Gasteiger partial charge in [0.1, 0.15) is 0 Å². The van der Waals surface area contributed by atoms with Crippen molar-refractivity contribution < 1.29 is 0 Å². The van der Waals surface area contributed by atoms with E-state index in [0.29, 0.717) is 6.04 Å². The lowest BCUT2D eigenvalue weighted by atomic mass is 10.1. The molecule has 0 unspecified atom stereocenters. The highest BCUT2D eigenvalue weighted by Crippen LogP contribution is 2.04. The summed E-state index contributed by atoms with van der Waals surface area (Å²) in [6.07, 6.45) is 0. The van der Waals surface area contributed by atoms with E-state index < -0.39 is 0 Å². The van der Waals surface area contributed by atoms with Gasteiger partial charge in [0.15, 0.2) is 0 Å². The molecule has 0 bridgehead atoms. The van der Waals surface area contributed by atoms with Crippen molar-refractivity contribution in [2.24, 2.45) is 5.73 Å². The van der Waals surface area contributed by atoms with Crippen LogP contribution in [0.5, 0.6) is 0 Å². The Bertz CT molecular complexity index is 139. The molecule has 0 radical (unpaired) electrons. The Kier molecular flexibility index (Phi) is 3.09. The van der Waals surface area contributed by atoms with Gasteiger partial charge in [-0.15, -0.1) is 0 Å². The van der Waals surface area contributed by atoms with E-state index in [4.69, 9.17) is 5.73 Å². The van der Waals surface area contributed by atoms with E-state index in [1.807, 2.05) is 0 Å². The third-order valence-electron chi connectivity index (χ3n) is 2.08. The highest BCUT2D eigenvalue weighted by Gasteiger charge is 2.20. The van der Waals surface area contributed by atoms with Crippen LogP contribution in [0.4, 0.5) is 0 Å². The molecule has 1 aliphatic heterocycles. The van der Waals surface area contributed by atoms with E-state index in [9.17, 15) is 0 Å². The van der Waals surface area contributed by atoms with Crippen molar-refractivity contribution in [3.8, 4) is 0 Å². The molecule has 3 N–H and O–H groups in total. The molecule has 3 nitrogen and oxygen atoms in total. The number of nitrogens with two attached hydrogens (primary N) is 1. The zero-order valence-electron chi connectivity index (χ0n) is 8.43. The number of piperazine rings is 1. The molecular formula is C9H21N3. The predicted octanol–water partition coefficient (Wildman–Crippen LogP) is 0.0174. The lowest BCUT2D eigenvalue weighted by Gasteiger charge is -2.35. The van der Waals surface area contributed by atoms with Gasteiger partial charge in [-0.1, -0.05) is 0 Å². The van der Waals surface area contributed by atoms with E-state index >= 15 is 0 Å². The Balaban J connectivity index is 2.32. The van der Waals surface area contributed by atoms with Gasteiger partial charge in [-0.2, -0.15) is 0 Å². The van der Waals surface area contributed by atoms with Crippen LogP contribution < -0.4 is 11.1 Å². The fraction of sp³-hybridized carbons (Fsp3) is 1.00. The Hall–Kier alpha value is -0.120. The minimum atomic E-state index is -0.0585. The lowest BCUT2D eigenvalue weighted by Crippen LogP contribution is -2.54. The Morgan fingerprint density at radius 2 is 2.25 bits per heavy atom. The van der Waals surface area contributed by atoms with E-state index in [1.54, 1.807) is 0 Å². The number of hydrogen-bond acceptors (Lipinski definition) is 3. The molecule has 1 heterocycles. The maximum Gasteiger partial charge on any atom is 0.0226 e. The van der Waals surface area contributed by atoms with Crippen molar-refractivity contribution in [1.82, 2.24) is 10.2 Å². The molecule has 0 spiro atoms. The van der Waals surface area contributed by atoms with Crippen LogP contribution in [0.1, 0.15) is 20.8 Å². The van der Waals surface area contributed by atoms with Gasteiger partial charge in [0.25, 0.3) is 0 Å². The molecule has 1 atom stereocenters. The van der Waals surface area contributed by atoms with Crippen molar-refractivity contribution >= 4 is 0 Å². The summed E-state index contributed by atoms with van der Waals surface area (Å²) in [7, 11) is 0. The topological polar surface area (TPSA) is 41.3 Å². The van der Waals surface area contributed by atoms with Gasteiger partial charge in [0.05, 0.1) is 0 Å². The summed E-state index contributed by atoms with van der Waals surface area (Å²) in [6, 6.07) is 0.612. The summed E-state index contributed by atoms with van der Waals surface area (Å²) >= 11 is 0. The molecule has 0 aromatic heterocycles. The molecule has 1 rings (SSSR count). The largest absolute Gasteiger partial charge is 0.324 e. The average Bonchev–Trinajstić information content (AvgIpc) is 1.82. The molecule has 1 saturated heterocycles. The molecule has 3 heteroatoms. The maximum atomic E-state index is 5.95. The molecule has 0 aliphatic carbocycles. The summed E-state index contributed by atoms with van der Waals surface area (Å²) in [6.45, 7) is 10.7. The van der Waals surface area contributed by atoms with Crippen molar-refractivity contribution in [2.75, 3.05) is 26.2 Å². The smallest absolute Gasteiger partial charge is 0.0226 e. The molecule has 1 fully saturated rings. The second kappa shape index (κ2) is 3.73. The standard InChI is InChI=1S/C9H21N3/c1-8-6-12(5-4-11-8)7-9(2,3)10/h8,11H,4-7,10H2,1-3H3/t8-/m1/s1.